The summed E-state index contributed by atoms with van der Waals surface area (Å²) in [5.74, 6) is -0.531. The highest BCUT2D eigenvalue weighted by molar-refractivity contribution is 6.30. The summed E-state index contributed by atoms with van der Waals surface area (Å²) < 4.78 is 13.5. The van der Waals surface area contributed by atoms with Gasteiger partial charge >= 0.3 is 0 Å². The van der Waals surface area contributed by atoms with Crippen molar-refractivity contribution in [2.45, 2.75) is 26.9 Å². The topological polar surface area (TPSA) is 20.2 Å². The quantitative estimate of drug-likeness (QED) is 0.761. The normalized spacial score (nSPS) is 14.1. The van der Waals surface area contributed by atoms with Crippen LogP contribution in [0.25, 0.3) is 0 Å². The van der Waals surface area contributed by atoms with E-state index in [0.29, 0.717) is 0 Å². The average molecular weight is 217 g/mol. The molecule has 1 nitrogen and oxygen atoms in total. The number of rotatable bonds is 1. The minimum absolute atomic E-state index is 0.0470. The third kappa shape index (κ3) is 2.25. The van der Waals surface area contributed by atoms with E-state index < -0.39 is 17.3 Å². The largest absolute Gasteiger partial charge is 0.388 e. The summed E-state index contributed by atoms with van der Waals surface area (Å²) in [6.07, 6.45) is -0.846. The molecule has 1 rings (SSSR count). The highest BCUT2D eigenvalue weighted by Gasteiger charge is 2.26. The van der Waals surface area contributed by atoms with Gasteiger partial charge in [0.1, 0.15) is 5.82 Å². The van der Waals surface area contributed by atoms with E-state index in [0.717, 1.165) is 0 Å². The van der Waals surface area contributed by atoms with Crippen LogP contribution >= 0.6 is 11.6 Å². The Bertz CT molecular complexity index is 331. The Kier molecular flexibility index (Phi) is 3.17. The van der Waals surface area contributed by atoms with Crippen LogP contribution in [0.5, 0.6) is 0 Å². The lowest BCUT2D eigenvalue weighted by Gasteiger charge is -2.26. The fourth-order valence-corrected chi connectivity index (χ4v) is 1.38. The second-order valence-corrected chi connectivity index (χ2v) is 4.82. The number of aliphatic hydroxyl groups is 1. The molecule has 0 amide bonds. The zero-order valence-electron chi connectivity index (χ0n) is 8.51. The molecule has 0 aliphatic heterocycles. The molecule has 0 saturated heterocycles. The zero-order chi connectivity index (χ0) is 10.9. The summed E-state index contributed by atoms with van der Waals surface area (Å²) >= 11 is 5.62. The summed E-state index contributed by atoms with van der Waals surface area (Å²) in [7, 11) is 0. The van der Waals surface area contributed by atoms with Crippen LogP contribution < -0.4 is 0 Å². The van der Waals surface area contributed by atoms with Crippen LogP contribution in [0.15, 0.2) is 18.2 Å². The Balaban J connectivity index is 3.14. The summed E-state index contributed by atoms with van der Waals surface area (Å²) in [6, 6.07) is 4.66. The van der Waals surface area contributed by atoms with E-state index in [1.165, 1.54) is 6.07 Å². The van der Waals surface area contributed by atoms with Gasteiger partial charge in [0.2, 0.25) is 0 Å². The average Bonchev–Trinajstić information content (AvgIpc) is 2.07. The van der Waals surface area contributed by atoms with E-state index in [-0.39, 0.29) is 10.6 Å². The van der Waals surface area contributed by atoms with Crippen molar-refractivity contribution in [1.29, 1.82) is 0 Å². The van der Waals surface area contributed by atoms with E-state index in [2.05, 4.69) is 0 Å². The summed E-state index contributed by atoms with van der Waals surface area (Å²) in [5, 5.41) is 9.91. The van der Waals surface area contributed by atoms with Gasteiger partial charge in [-0.3, -0.25) is 0 Å². The monoisotopic (exact) mass is 216 g/mol. The second-order valence-electron chi connectivity index (χ2n) is 4.41. The maximum absolute atomic E-state index is 13.5. The second kappa shape index (κ2) is 3.87. The fraction of sp³-hybridized carbons (Fsp3) is 0.455. The predicted octanol–water partition coefficient (Wildman–Crippen LogP) is 3.56. The van der Waals surface area contributed by atoms with Crippen molar-refractivity contribution in [2.24, 2.45) is 5.41 Å². The van der Waals surface area contributed by atoms with Crippen molar-refractivity contribution in [2.75, 3.05) is 0 Å². The molecule has 1 atom stereocenters. The highest BCUT2D eigenvalue weighted by atomic mass is 35.5. The van der Waals surface area contributed by atoms with Crippen LogP contribution in [-0.2, 0) is 0 Å². The van der Waals surface area contributed by atoms with Gasteiger partial charge in [-0.05, 0) is 11.5 Å². The molecule has 0 radical (unpaired) electrons. The number of hydrogen-bond donors (Lipinski definition) is 1. The molecule has 1 N–H and O–H groups in total. The van der Waals surface area contributed by atoms with Gasteiger partial charge in [-0.15, -0.1) is 0 Å². The molecule has 0 aromatic heterocycles. The van der Waals surface area contributed by atoms with Crippen LogP contribution in [-0.4, -0.2) is 5.11 Å². The van der Waals surface area contributed by atoms with E-state index in [4.69, 9.17) is 11.6 Å². The van der Waals surface area contributed by atoms with Crippen LogP contribution in [0.4, 0.5) is 4.39 Å². The molecule has 78 valence electrons. The zero-order valence-corrected chi connectivity index (χ0v) is 9.27. The van der Waals surface area contributed by atoms with Crippen molar-refractivity contribution in [3.8, 4) is 0 Å². The first-order valence-corrected chi connectivity index (χ1v) is 4.84. The first-order chi connectivity index (χ1) is 6.34. The number of aliphatic hydroxyl groups excluding tert-OH is 1. The molecule has 1 aromatic rings. The molecule has 1 unspecified atom stereocenters. The maximum atomic E-state index is 13.5. The first-order valence-electron chi connectivity index (χ1n) is 4.46. The molecule has 0 aliphatic rings. The number of halogens is 2. The lowest BCUT2D eigenvalue weighted by Crippen LogP contribution is -2.19. The van der Waals surface area contributed by atoms with Crippen LogP contribution in [0.1, 0.15) is 32.4 Å². The molecule has 0 bridgehead atoms. The summed E-state index contributed by atoms with van der Waals surface area (Å²) in [5.41, 5.74) is -0.143. The van der Waals surface area contributed by atoms with Crippen molar-refractivity contribution in [3.63, 3.8) is 0 Å². The van der Waals surface area contributed by atoms with Gasteiger partial charge in [0.05, 0.1) is 11.1 Å². The van der Waals surface area contributed by atoms with Gasteiger partial charge in [-0.2, -0.15) is 0 Å². The van der Waals surface area contributed by atoms with E-state index in [1.807, 2.05) is 20.8 Å². The van der Waals surface area contributed by atoms with Gasteiger partial charge in [0, 0.05) is 5.56 Å². The van der Waals surface area contributed by atoms with Gasteiger partial charge in [0.15, 0.2) is 0 Å². The van der Waals surface area contributed by atoms with Crippen molar-refractivity contribution in [1.82, 2.24) is 0 Å². The highest BCUT2D eigenvalue weighted by Crippen LogP contribution is 2.35. The van der Waals surface area contributed by atoms with Gasteiger partial charge in [-0.1, -0.05) is 44.5 Å². The Morgan fingerprint density at radius 3 is 2.43 bits per heavy atom. The number of benzene rings is 1. The Morgan fingerprint density at radius 1 is 1.36 bits per heavy atom. The summed E-state index contributed by atoms with van der Waals surface area (Å²) in [4.78, 5) is 0. The van der Waals surface area contributed by atoms with Crippen LogP contribution in [0.3, 0.4) is 0 Å². The predicted molar refractivity (Wildman–Crippen MR) is 55.8 cm³/mol. The van der Waals surface area contributed by atoms with E-state index in [9.17, 15) is 9.50 Å². The molecule has 0 saturated carbocycles. The molecule has 14 heavy (non-hydrogen) atoms. The molecular weight excluding hydrogens is 203 g/mol. The first kappa shape index (κ1) is 11.5. The molecule has 3 heteroatoms. The van der Waals surface area contributed by atoms with Crippen molar-refractivity contribution in [3.05, 3.63) is 34.6 Å². The van der Waals surface area contributed by atoms with Gasteiger partial charge < -0.3 is 5.11 Å². The van der Waals surface area contributed by atoms with E-state index >= 15 is 0 Å². The SMILES string of the molecule is CC(C)(C)C(O)c1cccc(Cl)c1F. The van der Waals surface area contributed by atoms with E-state index in [1.54, 1.807) is 12.1 Å². The van der Waals surface area contributed by atoms with Gasteiger partial charge in [-0.25, -0.2) is 4.39 Å². The third-order valence-corrected chi connectivity index (χ3v) is 2.39. The van der Waals surface area contributed by atoms with Crippen LogP contribution in [0, 0.1) is 11.2 Å². The lowest BCUT2D eigenvalue weighted by atomic mass is 9.84. The lowest BCUT2D eigenvalue weighted by molar-refractivity contribution is 0.0595. The van der Waals surface area contributed by atoms with Gasteiger partial charge in [0.25, 0.3) is 0 Å². The smallest absolute Gasteiger partial charge is 0.147 e. The molecule has 0 aliphatic carbocycles. The van der Waals surface area contributed by atoms with Crippen molar-refractivity contribution < 1.29 is 9.50 Å². The molecule has 0 spiro atoms. The Hall–Kier alpha value is -0.600. The summed E-state index contributed by atoms with van der Waals surface area (Å²) in [6.45, 7) is 5.54. The molecule has 0 heterocycles. The third-order valence-electron chi connectivity index (χ3n) is 2.10. The number of hydrogen-bond acceptors (Lipinski definition) is 1. The Morgan fingerprint density at radius 2 is 1.93 bits per heavy atom. The molecule has 0 fully saturated rings. The fourth-order valence-electron chi connectivity index (χ4n) is 1.20. The Labute approximate surface area is 88.5 Å². The van der Waals surface area contributed by atoms with Crippen molar-refractivity contribution >= 4 is 11.6 Å². The molecule has 1 aromatic carbocycles. The molecular formula is C11H14ClFO. The van der Waals surface area contributed by atoms with Crippen LogP contribution in [0.2, 0.25) is 5.02 Å². The standard InChI is InChI=1S/C11H14ClFO/c1-11(2,3)10(14)7-5-4-6-8(12)9(7)13/h4-6,10,14H,1-3H3. The maximum Gasteiger partial charge on any atom is 0.147 e. The minimum Gasteiger partial charge on any atom is -0.388 e. The minimum atomic E-state index is -0.846.